The largest absolute Gasteiger partial charge is 0.468 e. The Balaban J connectivity index is 2.52. The fraction of sp³-hybridized carbons (Fsp3) is 0.235. The fourth-order valence-corrected chi connectivity index (χ4v) is 3.61. The number of halogens is 2. The molecule has 2 aromatic rings. The van der Waals surface area contributed by atoms with Gasteiger partial charge in [0, 0.05) is 0 Å². The van der Waals surface area contributed by atoms with Gasteiger partial charge in [0.1, 0.15) is 0 Å². The summed E-state index contributed by atoms with van der Waals surface area (Å²) < 4.78 is 4.05. The van der Waals surface area contributed by atoms with E-state index in [4.69, 9.17) is 4.74 Å². The van der Waals surface area contributed by atoms with E-state index in [-0.39, 0.29) is 10.8 Å². The van der Waals surface area contributed by atoms with Gasteiger partial charge in [-0.05, 0) is 18.1 Å². The van der Waals surface area contributed by atoms with Crippen molar-refractivity contribution in [3.8, 4) is 0 Å². The van der Waals surface area contributed by atoms with E-state index >= 15 is 0 Å². The van der Waals surface area contributed by atoms with Gasteiger partial charge in [-0.2, -0.15) is 0 Å². The highest BCUT2D eigenvalue weighted by atomic mass is 79.9. The van der Waals surface area contributed by atoms with Crippen molar-refractivity contribution in [2.75, 3.05) is 7.11 Å². The summed E-state index contributed by atoms with van der Waals surface area (Å²) in [6.45, 7) is 2.01. The number of carbonyl (C=O) groups excluding carboxylic acids is 1. The molecule has 0 amide bonds. The number of esters is 1. The zero-order valence-electron chi connectivity index (χ0n) is 11.8. The molecule has 0 unspecified atom stereocenters. The minimum atomic E-state index is -0.975. The topological polar surface area (TPSA) is 26.3 Å². The van der Waals surface area contributed by atoms with Crippen molar-refractivity contribution in [3.05, 3.63) is 71.3 Å². The van der Waals surface area contributed by atoms with E-state index in [0.717, 1.165) is 16.7 Å². The third-order valence-corrected chi connectivity index (χ3v) is 6.46. The van der Waals surface area contributed by atoms with E-state index in [0.29, 0.717) is 0 Å². The lowest BCUT2D eigenvalue weighted by Gasteiger charge is -2.30. The first-order chi connectivity index (χ1) is 10.00. The van der Waals surface area contributed by atoms with Gasteiger partial charge in [-0.15, -0.1) is 0 Å². The lowest BCUT2D eigenvalue weighted by atomic mass is 9.91. The first kappa shape index (κ1) is 16.2. The Hall–Kier alpha value is -1.13. The van der Waals surface area contributed by atoms with Gasteiger partial charge < -0.3 is 4.74 Å². The third kappa shape index (κ3) is 3.22. The summed E-state index contributed by atoms with van der Waals surface area (Å²) in [5, 5.41) is 0. The number of ether oxygens (including phenoxy) is 1. The fourth-order valence-electron chi connectivity index (χ4n) is 2.16. The van der Waals surface area contributed by atoms with E-state index < -0.39 is 4.32 Å². The average molecular weight is 412 g/mol. The second-order valence-corrected chi connectivity index (χ2v) is 7.01. The molecule has 2 nitrogen and oxygen atoms in total. The second-order valence-electron chi connectivity index (χ2n) is 4.84. The van der Waals surface area contributed by atoms with E-state index in [2.05, 4.69) is 31.9 Å². The molecule has 110 valence electrons. The third-order valence-electron chi connectivity index (χ3n) is 3.40. The van der Waals surface area contributed by atoms with Crippen molar-refractivity contribution in [3.63, 3.8) is 0 Å². The minimum absolute atomic E-state index is 0.249. The number of alkyl halides is 2. The van der Waals surface area contributed by atoms with Crippen molar-refractivity contribution in [2.45, 2.75) is 16.1 Å². The Kier molecular flexibility index (Phi) is 5.22. The second kappa shape index (κ2) is 6.75. The van der Waals surface area contributed by atoms with Crippen LogP contribution in [0, 0.1) is 6.92 Å². The highest BCUT2D eigenvalue weighted by Crippen LogP contribution is 2.49. The molecule has 0 aliphatic carbocycles. The Morgan fingerprint density at radius 1 is 1.10 bits per heavy atom. The van der Waals surface area contributed by atoms with Crippen molar-refractivity contribution < 1.29 is 9.53 Å². The molecule has 0 heterocycles. The number of carbonyl (C=O) groups is 1. The predicted octanol–water partition coefficient (Wildman–Crippen LogP) is 4.89. The number of rotatable bonds is 4. The lowest BCUT2D eigenvalue weighted by Crippen LogP contribution is -2.34. The van der Waals surface area contributed by atoms with Crippen LogP contribution in [0.2, 0.25) is 0 Å². The molecule has 0 aliphatic rings. The Bertz CT molecular complexity index is 610. The summed E-state index contributed by atoms with van der Waals surface area (Å²) in [4.78, 5) is 12.2. The van der Waals surface area contributed by atoms with Crippen LogP contribution in [0.4, 0.5) is 0 Å². The van der Waals surface area contributed by atoms with Crippen LogP contribution in [0.15, 0.2) is 54.6 Å². The smallest absolute Gasteiger partial charge is 0.328 e. The first-order valence-corrected chi connectivity index (χ1v) is 8.24. The molecule has 2 rings (SSSR count). The lowest BCUT2D eigenvalue weighted by molar-refractivity contribution is -0.143. The maximum atomic E-state index is 12.4. The van der Waals surface area contributed by atoms with E-state index in [1.54, 1.807) is 0 Å². The molecule has 0 radical (unpaired) electrons. The molecule has 0 saturated heterocycles. The molecular formula is C17H16Br2O2. The van der Waals surface area contributed by atoms with Crippen LogP contribution in [0.1, 0.15) is 21.5 Å². The molecule has 2 atom stereocenters. The number of hydrogen-bond donors (Lipinski definition) is 0. The van der Waals surface area contributed by atoms with Crippen molar-refractivity contribution >= 4 is 37.8 Å². The number of aryl methyl sites for hydroxylation is 1. The van der Waals surface area contributed by atoms with Crippen LogP contribution >= 0.6 is 31.9 Å². The molecule has 0 bridgehead atoms. The Morgan fingerprint density at radius 2 is 1.67 bits per heavy atom. The van der Waals surface area contributed by atoms with Gasteiger partial charge in [0.25, 0.3) is 0 Å². The quantitative estimate of drug-likeness (QED) is 0.528. The molecule has 0 spiro atoms. The molecule has 0 saturated carbocycles. The zero-order chi connectivity index (χ0) is 15.5. The van der Waals surface area contributed by atoms with Crippen LogP contribution in [0.5, 0.6) is 0 Å². The van der Waals surface area contributed by atoms with Gasteiger partial charge in [-0.25, -0.2) is 0 Å². The summed E-state index contributed by atoms with van der Waals surface area (Å²) in [6.07, 6.45) is 0. The molecule has 4 heteroatoms. The van der Waals surface area contributed by atoms with Crippen molar-refractivity contribution in [2.24, 2.45) is 0 Å². The highest BCUT2D eigenvalue weighted by molar-refractivity contribution is 9.12. The number of hydrogen-bond acceptors (Lipinski definition) is 2. The number of methoxy groups -OCH3 is 1. The molecule has 0 aromatic heterocycles. The van der Waals surface area contributed by atoms with Gasteiger partial charge in [0.2, 0.25) is 0 Å². The van der Waals surface area contributed by atoms with Crippen LogP contribution in [-0.4, -0.2) is 13.1 Å². The summed E-state index contributed by atoms with van der Waals surface area (Å²) in [6, 6.07) is 17.7. The van der Waals surface area contributed by atoms with Gasteiger partial charge >= 0.3 is 5.97 Å². The average Bonchev–Trinajstić information content (AvgIpc) is 2.54. The van der Waals surface area contributed by atoms with E-state index in [1.165, 1.54) is 7.11 Å². The summed E-state index contributed by atoms with van der Waals surface area (Å²) in [5.41, 5.74) is 3.00. The monoisotopic (exact) mass is 410 g/mol. The van der Waals surface area contributed by atoms with Crippen LogP contribution in [-0.2, 0) is 13.9 Å². The van der Waals surface area contributed by atoms with Crippen LogP contribution in [0.3, 0.4) is 0 Å². The molecule has 0 aliphatic heterocycles. The highest BCUT2D eigenvalue weighted by Gasteiger charge is 2.46. The van der Waals surface area contributed by atoms with Gasteiger partial charge in [-0.1, -0.05) is 92.0 Å². The Morgan fingerprint density at radius 3 is 2.19 bits per heavy atom. The molecule has 21 heavy (non-hydrogen) atoms. The predicted molar refractivity (Wildman–Crippen MR) is 91.9 cm³/mol. The van der Waals surface area contributed by atoms with Crippen molar-refractivity contribution in [1.82, 2.24) is 0 Å². The van der Waals surface area contributed by atoms with E-state index in [1.807, 2.05) is 61.5 Å². The van der Waals surface area contributed by atoms with Gasteiger partial charge in [0.15, 0.2) is 4.32 Å². The standard InChI is InChI=1S/C17H16Br2O2/c1-12-8-10-14(11-9-12)17(19,16(20)21-2)15(18)13-6-4-3-5-7-13/h3-11,15H,1-2H3/t15-,17-/m1/s1. The summed E-state index contributed by atoms with van der Waals surface area (Å²) in [5.74, 6) is -0.336. The van der Waals surface area contributed by atoms with Gasteiger partial charge in [-0.3, -0.25) is 4.79 Å². The van der Waals surface area contributed by atoms with E-state index in [9.17, 15) is 4.79 Å². The molecular weight excluding hydrogens is 396 g/mol. The summed E-state index contributed by atoms with van der Waals surface area (Å²) >= 11 is 7.28. The molecule has 0 fully saturated rings. The summed E-state index contributed by atoms with van der Waals surface area (Å²) in [7, 11) is 1.40. The maximum Gasteiger partial charge on any atom is 0.328 e. The van der Waals surface area contributed by atoms with Crippen molar-refractivity contribution in [1.29, 1.82) is 0 Å². The van der Waals surface area contributed by atoms with Crippen LogP contribution < -0.4 is 0 Å². The van der Waals surface area contributed by atoms with Crippen LogP contribution in [0.25, 0.3) is 0 Å². The molecule has 0 N–H and O–H groups in total. The SMILES string of the molecule is COC(=O)[C@@](Br)(c1ccc(C)cc1)[C@H](Br)c1ccccc1. The zero-order valence-corrected chi connectivity index (χ0v) is 15.0. The van der Waals surface area contributed by atoms with Gasteiger partial charge in [0.05, 0.1) is 11.9 Å². The first-order valence-electron chi connectivity index (χ1n) is 6.53. The maximum absolute atomic E-state index is 12.4. The minimum Gasteiger partial charge on any atom is -0.468 e. The Labute approximate surface area is 141 Å². The number of benzene rings is 2. The molecule has 2 aromatic carbocycles. The normalized spacial score (nSPS) is 15.0.